The zero-order chi connectivity index (χ0) is 11.4. The van der Waals surface area contributed by atoms with Gasteiger partial charge in [-0.1, -0.05) is 0 Å². The monoisotopic (exact) mass is 207 g/mol. The summed E-state index contributed by atoms with van der Waals surface area (Å²) in [6.45, 7) is 1.79. The number of aryl methyl sites for hydroxylation is 1. The Kier molecular flexibility index (Phi) is 3.47. The van der Waals surface area contributed by atoms with Crippen LogP contribution in [0.15, 0.2) is 12.3 Å². The number of carbonyl (C=O) groups excluding carboxylic acids is 1. The van der Waals surface area contributed by atoms with Gasteiger partial charge in [0.15, 0.2) is 0 Å². The molecular formula is C10H13N3O2. The molecule has 1 amide bonds. The Morgan fingerprint density at radius 2 is 2.47 bits per heavy atom. The molecule has 80 valence electrons. The standard InChI is InChI=1S/C10H13N3O2/c1-7(14)5-12-10(15)9-3-8(4-11)6-13(9)2/h3,6-7,14H,5H2,1-2H3,(H,12,15). The molecule has 0 aromatic carbocycles. The molecule has 0 aliphatic carbocycles. The van der Waals surface area contributed by atoms with Crippen molar-refractivity contribution >= 4 is 5.91 Å². The fraction of sp³-hybridized carbons (Fsp3) is 0.400. The van der Waals surface area contributed by atoms with E-state index < -0.39 is 6.10 Å². The van der Waals surface area contributed by atoms with Crippen molar-refractivity contribution in [3.63, 3.8) is 0 Å². The highest BCUT2D eigenvalue weighted by Crippen LogP contribution is 2.05. The van der Waals surface area contributed by atoms with Crippen LogP contribution in [0.2, 0.25) is 0 Å². The zero-order valence-corrected chi connectivity index (χ0v) is 8.69. The quantitative estimate of drug-likeness (QED) is 0.732. The number of nitrogens with one attached hydrogen (secondary N) is 1. The molecule has 1 unspecified atom stereocenters. The molecule has 2 N–H and O–H groups in total. The van der Waals surface area contributed by atoms with Crippen LogP contribution in [0.25, 0.3) is 0 Å². The van der Waals surface area contributed by atoms with Gasteiger partial charge < -0.3 is 15.0 Å². The van der Waals surface area contributed by atoms with Crippen molar-refractivity contribution in [2.45, 2.75) is 13.0 Å². The molecule has 0 aliphatic heterocycles. The van der Waals surface area contributed by atoms with Gasteiger partial charge in [0.1, 0.15) is 11.8 Å². The number of hydrogen-bond donors (Lipinski definition) is 2. The second-order valence-electron chi connectivity index (χ2n) is 3.40. The third kappa shape index (κ3) is 2.82. The van der Waals surface area contributed by atoms with Crippen LogP contribution in [0.4, 0.5) is 0 Å². The molecule has 1 heterocycles. The lowest BCUT2D eigenvalue weighted by Crippen LogP contribution is -2.31. The molecule has 5 nitrogen and oxygen atoms in total. The van der Waals surface area contributed by atoms with Crippen LogP contribution in [0.1, 0.15) is 23.0 Å². The van der Waals surface area contributed by atoms with E-state index in [1.165, 1.54) is 6.07 Å². The number of nitrogens with zero attached hydrogens (tertiary/aromatic N) is 2. The van der Waals surface area contributed by atoms with Gasteiger partial charge in [0.05, 0.1) is 11.7 Å². The van der Waals surface area contributed by atoms with Gasteiger partial charge in [-0.05, 0) is 13.0 Å². The molecular weight excluding hydrogens is 194 g/mol. The lowest BCUT2D eigenvalue weighted by atomic mass is 10.3. The highest BCUT2D eigenvalue weighted by molar-refractivity contribution is 5.93. The van der Waals surface area contributed by atoms with E-state index in [2.05, 4.69) is 5.32 Å². The molecule has 1 aromatic heterocycles. The number of carbonyl (C=O) groups is 1. The van der Waals surface area contributed by atoms with E-state index >= 15 is 0 Å². The molecule has 0 saturated heterocycles. The third-order valence-electron chi connectivity index (χ3n) is 1.92. The van der Waals surface area contributed by atoms with Gasteiger partial charge in [-0.15, -0.1) is 0 Å². The largest absolute Gasteiger partial charge is 0.392 e. The number of nitriles is 1. The SMILES string of the molecule is CC(O)CNC(=O)c1cc(C#N)cn1C. The molecule has 0 spiro atoms. The molecule has 0 aliphatic rings. The summed E-state index contributed by atoms with van der Waals surface area (Å²) >= 11 is 0. The van der Waals surface area contributed by atoms with E-state index in [1.807, 2.05) is 6.07 Å². The Morgan fingerprint density at radius 3 is 2.93 bits per heavy atom. The molecule has 5 heteroatoms. The van der Waals surface area contributed by atoms with Crippen LogP contribution >= 0.6 is 0 Å². The lowest BCUT2D eigenvalue weighted by Gasteiger charge is -2.07. The summed E-state index contributed by atoms with van der Waals surface area (Å²) < 4.78 is 1.58. The lowest BCUT2D eigenvalue weighted by molar-refractivity contribution is 0.0916. The molecule has 1 aromatic rings. The summed E-state index contributed by atoms with van der Waals surface area (Å²) in [6.07, 6.45) is 1.00. The summed E-state index contributed by atoms with van der Waals surface area (Å²) in [5, 5.41) is 20.2. The predicted molar refractivity (Wildman–Crippen MR) is 54.1 cm³/mol. The normalized spacial score (nSPS) is 11.9. The van der Waals surface area contributed by atoms with Crippen molar-refractivity contribution in [3.05, 3.63) is 23.5 Å². The molecule has 1 rings (SSSR count). The van der Waals surface area contributed by atoms with Crippen molar-refractivity contribution < 1.29 is 9.90 Å². The zero-order valence-electron chi connectivity index (χ0n) is 8.69. The van der Waals surface area contributed by atoms with Gasteiger partial charge in [-0.25, -0.2) is 0 Å². The van der Waals surface area contributed by atoms with E-state index in [0.29, 0.717) is 11.3 Å². The van der Waals surface area contributed by atoms with Gasteiger partial charge in [0.2, 0.25) is 0 Å². The Hall–Kier alpha value is -1.80. The fourth-order valence-corrected chi connectivity index (χ4v) is 1.18. The summed E-state index contributed by atoms with van der Waals surface area (Å²) in [5.74, 6) is -0.292. The summed E-state index contributed by atoms with van der Waals surface area (Å²) in [6, 6.07) is 3.47. The van der Waals surface area contributed by atoms with Gasteiger partial charge in [0.25, 0.3) is 5.91 Å². The van der Waals surface area contributed by atoms with Crippen LogP contribution in [-0.4, -0.2) is 28.2 Å². The van der Waals surface area contributed by atoms with Gasteiger partial charge in [-0.2, -0.15) is 5.26 Å². The summed E-state index contributed by atoms with van der Waals surface area (Å²) in [5.41, 5.74) is 0.854. The molecule has 0 radical (unpaired) electrons. The Morgan fingerprint density at radius 1 is 1.80 bits per heavy atom. The second kappa shape index (κ2) is 4.62. The first-order valence-corrected chi connectivity index (χ1v) is 4.57. The molecule has 0 fully saturated rings. The predicted octanol–water partition coefficient (Wildman–Crippen LogP) is 0.00738. The first-order chi connectivity index (χ1) is 7.04. The van der Waals surface area contributed by atoms with Crippen LogP contribution < -0.4 is 5.32 Å². The highest BCUT2D eigenvalue weighted by Gasteiger charge is 2.11. The van der Waals surface area contributed by atoms with Gasteiger partial charge >= 0.3 is 0 Å². The van der Waals surface area contributed by atoms with E-state index in [-0.39, 0.29) is 12.5 Å². The second-order valence-corrected chi connectivity index (χ2v) is 3.40. The van der Waals surface area contributed by atoms with Crippen LogP contribution in [0, 0.1) is 11.3 Å². The Bertz CT molecular complexity index is 401. The van der Waals surface area contributed by atoms with Crippen molar-refractivity contribution in [2.75, 3.05) is 6.54 Å². The molecule has 0 bridgehead atoms. The topological polar surface area (TPSA) is 78.1 Å². The number of aliphatic hydroxyl groups excluding tert-OH is 1. The van der Waals surface area contributed by atoms with Crippen molar-refractivity contribution in [2.24, 2.45) is 7.05 Å². The van der Waals surface area contributed by atoms with Gasteiger partial charge in [-0.3, -0.25) is 4.79 Å². The maximum Gasteiger partial charge on any atom is 0.268 e. The van der Waals surface area contributed by atoms with E-state index in [4.69, 9.17) is 10.4 Å². The first kappa shape index (κ1) is 11.3. The third-order valence-corrected chi connectivity index (χ3v) is 1.92. The number of aliphatic hydroxyl groups is 1. The van der Waals surface area contributed by atoms with Gasteiger partial charge in [0, 0.05) is 19.8 Å². The average molecular weight is 207 g/mol. The summed E-state index contributed by atoms with van der Waals surface area (Å²) in [7, 11) is 1.69. The summed E-state index contributed by atoms with van der Waals surface area (Å²) in [4.78, 5) is 11.5. The van der Waals surface area contributed by atoms with E-state index in [1.54, 1.807) is 24.7 Å². The number of hydrogen-bond acceptors (Lipinski definition) is 3. The first-order valence-electron chi connectivity index (χ1n) is 4.57. The van der Waals surface area contributed by atoms with Crippen molar-refractivity contribution in [3.8, 4) is 6.07 Å². The van der Waals surface area contributed by atoms with Crippen LogP contribution in [0.3, 0.4) is 0 Å². The maximum atomic E-state index is 11.5. The molecule has 0 saturated carbocycles. The Labute approximate surface area is 87.9 Å². The van der Waals surface area contributed by atoms with E-state index in [9.17, 15) is 4.79 Å². The van der Waals surface area contributed by atoms with Crippen molar-refractivity contribution in [1.29, 1.82) is 5.26 Å². The molecule has 1 atom stereocenters. The minimum absolute atomic E-state index is 0.200. The van der Waals surface area contributed by atoms with Crippen LogP contribution in [-0.2, 0) is 7.05 Å². The fourth-order valence-electron chi connectivity index (χ4n) is 1.18. The minimum Gasteiger partial charge on any atom is -0.392 e. The number of amides is 1. The average Bonchev–Trinajstić information content (AvgIpc) is 2.56. The highest BCUT2D eigenvalue weighted by atomic mass is 16.3. The van der Waals surface area contributed by atoms with Crippen LogP contribution in [0.5, 0.6) is 0 Å². The maximum absolute atomic E-state index is 11.5. The van der Waals surface area contributed by atoms with Crippen molar-refractivity contribution in [1.82, 2.24) is 9.88 Å². The minimum atomic E-state index is -0.579. The molecule has 15 heavy (non-hydrogen) atoms. The van der Waals surface area contributed by atoms with E-state index in [0.717, 1.165) is 0 Å². The smallest absolute Gasteiger partial charge is 0.268 e. The Balaban J connectivity index is 2.74. The number of rotatable bonds is 3. The number of aromatic nitrogens is 1.